The van der Waals surface area contributed by atoms with Crippen LogP contribution in [0, 0.1) is 15.9 Å². The van der Waals surface area contributed by atoms with Crippen LogP contribution in [0.2, 0.25) is 0 Å². The van der Waals surface area contributed by atoms with Gasteiger partial charge in [-0.15, -0.1) is 0 Å². The van der Waals surface area contributed by atoms with E-state index in [2.05, 4.69) is 10.3 Å². The molecule has 3 rings (SSSR count). The van der Waals surface area contributed by atoms with E-state index < -0.39 is 45.9 Å². The summed E-state index contributed by atoms with van der Waals surface area (Å²) in [6.45, 7) is 0. The molecule has 0 aliphatic heterocycles. The molecule has 2 N–H and O–H groups in total. The third-order valence-electron chi connectivity index (χ3n) is 4.34. The van der Waals surface area contributed by atoms with Crippen LogP contribution in [0.4, 0.5) is 23.2 Å². The Kier molecular flexibility index (Phi) is 5.86. The van der Waals surface area contributed by atoms with Crippen LogP contribution >= 0.6 is 0 Å². The zero-order chi connectivity index (χ0) is 22.8. The third-order valence-corrected chi connectivity index (χ3v) is 4.34. The number of alkyl halides is 3. The minimum Gasteiger partial charge on any atom is -0.502 e. The highest BCUT2D eigenvalue weighted by Crippen LogP contribution is 2.32. The average Bonchev–Trinajstić information content (AvgIpc) is 2.72. The molecule has 7 nitrogen and oxygen atoms in total. The molecule has 0 bridgehead atoms. The highest BCUT2D eigenvalue weighted by atomic mass is 19.4. The second-order valence-corrected chi connectivity index (χ2v) is 6.36. The first-order valence-electron chi connectivity index (χ1n) is 8.63. The Balaban J connectivity index is 2.00. The molecule has 3 aromatic rings. The number of hydrogen-bond donors (Lipinski definition) is 2. The van der Waals surface area contributed by atoms with Gasteiger partial charge < -0.3 is 10.4 Å². The van der Waals surface area contributed by atoms with E-state index in [1.54, 1.807) is 0 Å². The molecule has 1 atom stereocenters. The normalized spacial score (nSPS) is 12.3. The molecule has 0 fully saturated rings. The molecule has 31 heavy (non-hydrogen) atoms. The van der Waals surface area contributed by atoms with Gasteiger partial charge in [0.2, 0.25) is 0 Å². The van der Waals surface area contributed by atoms with E-state index in [1.807, 2.05) is 0 Å². The van der Waals surface area contributed by atoms with Gasteiger partial charge in [-0.25, -0.2) is 4.39 Å². The minimum absolute atomic E-state index is 0.104. The number of amides is 1. The fourth-order valence-corrected chi connectivity index (χ4v) is 2.81. The monoisotopic (exact) mass is 435 g/mol. The molecule has 0 radical (unpaired) electrons. The quantitative estimate of drug-likeness (QED) is 0.352. The zero-order valence-electron chi connectivity index (χ0n) is 15.4. The molecule has 1 amide bonds. The summed E-state index contributed by atoms with van der Waals surface area (Å²) < 4.78 is 52.9. The molecule has 0 unspecified atom stereocenters. The first kappa shape index (κ1) is 21.7. The van der Waals surface area contributed by atoms with Crippen molar-refractivity contribution in [2.45, 2.75) is 12.2 Å². The van der Waals surface area contributed by atoms with Crippen LogP contribution in [0.25, 0.3) is 0 Å². The number of carbonyl (C=O) groups excluding carboxylic acids is 1. The number of phenols is 1. The summed E-state index contributed by atoms with van der Waals surface area (Å²) in [5.41, 5.74) is -2.03. The van der Waals surface area contributed by atoms with Crippen molar-refractivity contribution in [3.8, 4) is 5.75 Å². The molecular formula is C20H13F4N3O4. The number of pyridine rings is 1. The number of aromatic nitrogens is 1. The number of carbonyl (C=O) groups is 1. The van der Waals surface area contributed by atoms with E-state index in [1.165, 1.54) is 12.3 Å². The molecule has 2 aromatic carbocycles. The number of benzene rings is 2. The smallest absolute Gasteiger partial charge is 0.416 e. The molecular weight excluding hydrogens is 422 g/mol. The maximum Gasteiger partial charge on any atom is 0.416 e. The average molecular weight is 435 g/mol. The number of nitrogens with one attached hydrogen (secondary N) is 1. The molecule has 160 valence electrons. The summed E-state index contributed by atoms with van der Waals surface area (Å²) in [6.07, 6.45) is -3.34. The predicted molar refractivity (Wildman–Crippen MR) is 99.7 cm³/mol. The summed E-state index contributed by atoms with van der Waals surface area (Å²) >= 11 is 0. The molecule has 0 saturated heterocycles. The summed E-state index contributed by atoms with van der Waals surface area (Å²) in [7, 11) is 0. The van der Waals surface area contributed by atoms with E-state index in [4.69, 9.17) is 0 Å². The van der Waals surface area contributed by atoms with Gasteiger partial charge in [0.1, 0.15) is 11.5 Å². The lowest BCUT2D eigenvalue weighted by Gasteiger charge is -2.20. The van der Waals surface area contributed by atoms with Crippen LogP contribution in [-0.2, 0) is 6.18 Å². The molecule has 0 spiro atoms. The van der Waals surface area contributed by atoms with Gasteiger partial charge in [0.15, 0.2) is 5.75 Å². The number of rotatable bonds is 5. The Morgan fingerprint density at radius 2 is 1.81 bits per heavy atom. The Labute approximate surface area is 172 Å². The molecule has 0 aliphatic carbocycles. The molecule has 0 aliphatic rings. The first-order valence-corrected chi connectivity index (χ1v) is 8.63. The van der Waals surface area contributed by atoms with Gasteiger partial charge in [-0.2, -0.15) is 13.2 Å². The fraction of sp³-hybridized carbons (Fsp3) is 0.100. The van der Waals surface area contributed by atoms with Crippen LogP contribution in [0.1, 0.15) is 33.2 Å². The van der Waals surface area contributed by atoms with Crippen molar-refractivity contribution in [1.29, 1.82) is 0 Å². The fourth-order valence-electron chi connectivity index (χ4n) is 2.81. The van der Waals surface area contributed by atoms with Gasteiger partial charge in [0.05, 0.1) is 16.5 Å². The lowest BCUT2D eigenvalue weighted by molar-refractivity contribution is -0.385. The highest BCUT2D eigenvalue weighted by Gasteiger charge is 2.31. The van der Waals surface area contributed by atoms with Crippen LogP contribution in [0.5, 0.6) is 5.75 Å². The Morgan fingerprint density at radius 1 is 1.13 bits per heavy atom. The number of nitro groups is 1. The van der Waals surface area contributed by atoms with Crippen molar-refractivity contribution < 1.29 is 32.4 Å². The summed E-state index contributed by atoms with van der Waals surface area (Å²) in [5.74, 6) is -2.36. The van der Waals surface area contributed by atoms with Crippen molar-refractivity contribution >= 4 is 11.6 Å². The van der Waals surface area contributed by atoms with E-state index in [-0.39, 0.29) is 16.8 Å². The Bertz CT molecular complexity index is 1130. The van der Waals surface area contributed by atoms with E-state index in [0.717, 1.165) is 48.5 Å². The number of nitrogens with zero attached hydrogens (tertiary/aromatic N) is 2. The highest BCUT2D eigenvalue weighted by molar-refractivity contribution is 5.95. The predicted octanol–water partition coefficient (Wildman–Crippen LogP) is 4.37. The van der Waals surface area contributed by atoms with Crippen molar-refractivity contribution in [3.63, 3.8) is 0 Å². The van der Waals surface area contributed by atoms with Gasteiger partial charge in [-0.1, -0.05) is 12.1 Å². The van der Waals surface area contributed by atoms with Gasteiger partial charge in [-0.3, -0.25) is 19.9 Å². The lowest BCUT2D eigenvalue weighted by Crippen LogP contribution is -2.30. The number of nitro benzene ring substituents is 1. The second kappa shape index (κ2) is 8.38. The van der Waals surface area contributed by atoms with Crippen LogP contribution in [-0.4, -0.2) is 20.9 Å². The largest absolute Gasteiger partial charge is 0.502 e. The van der Waals surface area contributed by atoms with Crippen molar-refractivity contribution in [2.75, 3.05) is 0 Å². The van der Waals surface area contributed by atoms with Crippen molar-refractivity contribution in [2.24, 2.45) is 0 Å². The lowest BCUT2D eigenvalue weighted by atomic mass is 10.00. The minimum atomic E-state index is -4.58. The summed E-state index contributed by atoms with van der Waals surface area (Å²) in [5, 5.41) is 22.9. The topological polar surface area (TPSA) is 105 Å². The second-order valence-electron chi connectivity index (χ2n) is 6.36. The van der Waals surface area contributed by atoms with Crippen LogP contribution < -0.4 is 5.32 Å². The van der Waals surface area contributed by atoms with Gasteiger partial charge >= 0.3 is 11.9 Å². The van der Waals surface area contributed by atoms with E-state index in [9.17, 15) is 37.6 Å². The van der Waals surface area contributed by atoms with Gasteiger partial charge in [0.25, 0.3) is 5.91 Å². The maximum absolute atomic E-state index is 14.4. The number of aromatic hydroxyl groups is 1. The first-order chi connectivity index (χ1) is 14.6. The third kappa shape index (κ3) is 4.77. The number of hydrogen-bond acceptors (Lipinski definition) is 5. The van der Waals surface area contributed by atoms with Crippen molar-refractivity contribution in [3.05, 3.63) is 99.1 Å². The van der Waals surface area contributed by atoms with Gasteiger partial charge in [0, 0.05) is 17.8 Å². The van der Waals surface area contributed by atoms with Crippen LogP contribution in [0.3, 0.4) is 0 Å². The Morgan fingerprint density at radius 3 is 2.39 bits per heavy atom. The molecule has 11 heteroatoms. The molecule has 1 heterocycles. The molecule has 1 aromatic heterocycles. The summed E-state index contributed by atoms with van der Waals surface area (Å²) in [6, 6.07) is 7.65. The van der Waals surface area contributed by atoms with E-state index in [0.29, 0.717) is 0 Å². The zero-order valence-corrected chi connectivity index (χ0v) is 15.4. The van der Waals surface area contributed by atoms with Crippen molar-refractivity contribution in [1.82, 2.24) is 10.3 Å². The van der Waals surface area contributed by atoms with E-state index >= 15 is 0 Å². The van der Waals surface area contributed by atoms with Crippen LogP contribution in [0.15, 0.2) is 60.8 Å². The maximum atomic E-state index is 14.4. The SMILES string of the molecule is O=C(N[C@@H](c1ccc(C(F)(F)F)cc1)c1ncccc1F)c1ccc(O)c([N+](=O)[O-])c1. The Hall–Kier alpha value is -4.02. The number of halogens is 4. The number of phenolic OH excluding ortho intramolecular Hbond substituents is 1. The summed E-state index contributed by atoms with van der Waals surface area (Å²) in [4.78, 5) is 26.6. The molecule has 0 saturated carbocycles. The van der Waals surface area contributed by atoms with Gasteiger partial charge in [-0.05, 0) is 42.0 Å². The standard InChI is InChI=1S/C20H13F4N3O4/c21-14-2-1-9-25-18(14)17(11-3-6-13(7-4-11)20(22,23)24)26-19(29)12-5-8-16(28)15(10-12)27(30)31/h1-10,17,28H,(H,26,29)/t17-/m0/s1.